The molecule has 2 N–H and O–H groups in total. The van der Waals surface area contributed by atoms with Crippen LogP contribution in [-0.2, 0) is 4.79 Å². The average molecular weight is 209 g/mol. The lowest BCUT2D eigenvalue weighted by Gasteiger charge is -2.36. The maximum absolute atomic E-state index is 11.5. The van der Waals surface area contributed by atoms with Crippen LogP contribution in [0.4, 0.5) is 0 Å². The molecule has 0 spiro atoms. The summed E-state index contributed by atoms with van der Waals surface area (Å²) in [4.78, 5) is 15.6. The smallest absolute Gasteiger partial charge is 0.246 e. The fraction of sp³-hybridized carbons (Fsp3) is 0.727. The first-order chi connectivity index (χ1) is 7.06. The van der Waals surface area contributed by atoms with E-state index < -0.39 is 0 Å². The van der Waals surface area contributed by atoms with Gasteiger partial charge in [0.05, 0.1) is 0 Å². The molecule has 1 saturated heterocycles. The summed E-state index contributed by atoms with van der Waals surface area (Å²) in [5.74, 6) is 0.540. The maximum Gasteiger partial charge on any atom is 0.246 e. The number of hydrogen-bond acceptors (Lipinski definition) is 3. The number of hydrogen-bond donors (Lipinski definition) is 1. The van der Waals surface area contributed by atoms with Crippen molar-refractivity contribution in [3.63, 3.8) is 0 Å². The van der Waals surface area contributed by atoms with Crippen molar-refractivity contribution in [1.82, 2.24) is 9.80 Å². The van der Waals surface area contributed by atoms with Crippen LogP contribution in [0.3, 0.4) is 0 Å². The van der Waals surface area contributed by atoms with Crippen LogP contribution in [-0.4, -0.2) is 54.5 Å². The first kappa shape index (κ1) is 10.6. The Morgan fingerprint density at radius 1 is 1.67 bits per heavy atom. The second kappa shape index (κ2) is 3.61. The van der Waals surface area contributed by atoms with Crippen LogP contribution in [0, 0.1) is 5.92 Å². The Bertz CT molecular complexity index is 292. The van der Waals surface area contributed by atoms with E-state index in [1.807, 2.05) is 7.05 Å². The highest BCUT2D eigenvalue weighted by Crippen LogP contribution is 2.38. The second-order valence-electron chi connectivity index (χ2n) is 4.72. The van der Waals surface area contributed by atoms with E-state index in [2.05, 4.69) is 18.5 Å². The third-order valence-corrected chi connectivity index (χ3v) is 3.93. The van der Waals surface area contributed by atoms with Crippen LogP contribution in [0.5, 0.6) is 0 Å². The molecule has 0 aromatic heterocycles. The van der Waals surface area contributed by atoms with Crippen molar-refractivity contribution < 1.29 is 4.79 Å². The predicted octanol–water partition coefficient (Wildman–Crippen LogP) is -0.339. The van der Waals surface area contributed by atoms with Gasteiger partial charge in [-0.25, -0.2) is 0 Å². The van der Waals surface area contributed by atoms with Crippen molar-refractivity contribution in [2.75, 3.05) is 20.6 Å². The molecule has 15 heavy (non-hydrogen) atoms. The Labute approximate surface area is 90.7 Å². The standard InChI is InChI=1S/C11H19N3O/c1-4-9(15)14(3)8-5-7-6-13(2)11(8)10(7)12/h4,7-8,10-11H,1,5-6,12H2,2-3H3/t7-,8-,10-,11-/m1/s1. The first-order valence-corrected chi connectivity index (χ1v) is 5.41. The van der Waals surface area contributed by atoms with Gasteiger partial charge >= 0.3 is 0 Å². The summed E-state index contributed by atoms with van der Waals surface area (Å²) in [7, 11) is 3.93. The number of carbonyl (C=O) groups excluding carboxylic acids is 1. The SMILES string of the molecule is C=CC(=O)N(C)[C@@H]1C[C@@H]2CN(C)[C@H]1[C@@H]2N. The zero-order valence-electron chi connectivity index (χ0n) is 9.39. The molecule has 84 valence electrons. The van der Waals surface area contributed by atoms with Crippen molar-refractivity contribution in [2.45, 2.75) is 24.5 Å². The van der Waals surface area contributed by atoms with Crippen LogP contribution in [0.2, 0.25) is 0 Å². The van der Waals surface area contributed by atoms with Gasteiger partial charge in [-0.1, -0.05) is 6.58 Å². The highest BCUT2D eigenvalue weighted by molar-refractivity contribution is 5.87. The molecule has 0 aromatic rings. The Morgan fingerprint density at radius 3 is 2.80 bits per heavy atom. The lowest BCUT2D eigenvalue weighted by Crippen LogP contribution is -2.51. The van der Waals surface area contributed by atoms with Crippen LogP contribution in [0.1, 0.15) is 6.42 Å². The van der Waals surface area contributed by atoms with Crippen molar-refractivity contribution in [3.8, 4) is 0 Å². The third kappa shape index (κ3) is 1.48. The summed E-state index contributed by atoms with van der Waals surface area (Å²) in [6, 6.07) is 0.804. The number of carbonyl (C=O) groups is 1. The molecule has 1 saturated carbocycles. The largest absolute Gasteiger partial charge is 0.338 e. The fourth-order valence-corrected chi connectivity index (χ4v) is 3.11. The lowest BCUT2D eigenvalue weighted by atomic mass is 10.0. The molecule has 1 aliphatic heterocycles. The van der Waals surface area contributed by atoms with Gasteiger partial charge in [0.25, 0.3) is 0 Å². The van der Waals surface area contributed by atoms with E-state index in [9.17, 15) is 4.79 Å². The van der Waals surface area contributed by atoms with E-state index in [1.54, 1.807) is 4.90 Å². The number of nitrogens with zero attached hydrogens (tertiary/aromatic N) is 2. The molecule has 2 aliphatic rings. The van der Waals surface area contributed by atoms with Gasteiger partial charge in [-0.15, -0.1) is 0 Å². The third-order valence-electron chi connectivity index (χ3n) is 3.93. The van der Waals surface area contributed by atoms with Gasteiger partial charge in [-0.05, 0) is 25.5 Å². The van der Waals surface area contributed by atoms with Gasteiger partial charge in [0.2, 0.25) is 5.91 Å². The molecule has 1 heterocycles. The van der Waals surface area contributed by atoms with Crippen LogP contribution in [0.15, 0.2) is 12.7 Å². The highest BCUT2D eigenvalue weighted by atomic mass is 16.2. The van der Waals surface area contributed by atoms with Crippen molar-refractivity contribution >= 4 is 5.91 Å². The van der Waals surface area contributed by atoms with E-state index in [4.69, 9.17) is 5.73 Å². The highest BCUT2D eigenvalue weighted by Gasteiger charge is 2.51. The minimum Gasteiger partial charge on any atom is -0.338 e. The van der Waals surface area contributed by atoms with E-state index in [0.29, 0.717) is 12.0 Å². The van der Waals surface area contributed by atoms with Gasteiger partial charge in [0, 0.05) is 31.7 Å². The van der Waals surface area contributed by atoms with E-state index in [-0.39, 0.29) is 18.0 Å². The average Bonchev–Trinajstić information content (AvgIpc) is 2.68. The van der Waals surface area contributed by atoms with Gasteiger partial charge in [-0.3, -0.25) is 9.69 Å². The van der Waals surface area contributed by atoms with E-state index >= 15 is 0 Å². The van der Waals surface area contributed by atoms with Gasteiger partial charge in [0.15, 0.2) is 0 Å². The molecule has 4 heteroatoms. The summed E-state index contributed by atoms with van der Waals surface area (Å²) in [5, 5.41) is 0. The van der Waals surface area contributed by atoms with Gasteiger partial charge < -0.3 is 10.6 Å². The molecular formula is C11H19N3O. The monoisotopic (exact) mass is 209 g/mol. The maximum atomic E-state index is 11.5. The molecule has 4 nitrogen and oxygen atoms in total. The Hall–Kier alpha value is -0.870. The first-order valence-electron chi connectivity index (χ1n) is 5.41. The molecule has 2 bridgehead atoms. The molecule has 1 aliphatic carbocycles. The number of fused-ring (bicyclic) bond motifs is 2. The Kier molecular flexibility index (Phi) is 2.56. The minimum absolute atomic E-state index is 0.00634. The van der Waals surface area contributed by atoms with Gasteiger partial charge in [-0.2, -0.15) is 0 Å². The number of rotatable bonds is 2. The van der Waals surface area contributed by atoms with Crippen molar-refractivity contribution in [1.29, 1.82) is 0 Å². The summed E-state index contributed by atoms with van der Waals surface area (Å²) in [6.07, 6.45) is 2.41. The number of amides is 1. The molecule has 0 radical (unpaired) electrons. The Balaban J connectivity index is 2.13. The number of piperidine rings is 1. The lowest BCUT2D eigenvalue weighted by molar-refractivity contribution is -0.128. The van der Waals surface area contributed by atoms with E-state index in [1.165, 1.54) is 6.08 Å². The van der Waals surface area contributed by atoms with Crippen LogP contribution >= 0.6 is 0 Å². The summed E-state index contributed by atoms with van der Waals surface area (Å²) >= 11 is 0. The zero-order chi connectivity index (χ0) is 11.2. The summed E-state index contributed by atoms with van der Waals surface area (Å²) in [5.41, 5.74) is 6.14. The summed E-state index contributed by atoms with van der Waals surface area (Å²) < 4.78 is 0. The zero-order valence-corrected chi connectivity index (χ0v) is 9.39. The molecular weight excluding hydrogens is 190 g/mol. The van der Waals surface area contributed by atoms with E-state index in [0.717, 1.165) is 13.0 Å². The Morgan fingerprint density at radius 2 is 2.33 bits per heavy atom. The molecule has 2 fully saturated rings. The topological polar surface area (TPSA) is 49.6 Å². The van der Waals surface area contributed by atoms with Gasteiger partial charge in [0.1, 0.15) is 0 Å². The molecule has 4 atom stereocenters. The molecule has 1 amide bonds. The fourth-order valence-electron chi connectivity index (χ4n) is 3.11. The summed E-state index contributed by atoms with van der Waals surface area (Å²) in [6.45, 7) is 4.59. The second-order valence-corrected chi connectivity index (χ2v) is 4.72. The molecule has 0 aromatic carbocycles. The number of likely N-dealkylation sites (tertiary alicyclic amines) is 1. The van der Waals surface area contributed by atoms with Crippen LogP contribution in [0.25, 0.3) is 0 Å². The predicted molar refractivity (Wildman–Crippen MR) is 59.3 cm³/mol. The molecule has 0 unspecified atom stereocenters. The van der Waals surface area contributed by atoms with Crippen molar-refractivity contribution in [2.24, 2.45) is 11.7 Å². The normalized spacial score (nSPS) is 39.4. The quantitative estimate of drug-likeness (QED) is 0.633. The number of likely N-dealkylation sites (N-methyl/N-ethyl adjacent to an activating group) is 2. The van der Waals surface area contributed by atoms with Crippen molar-refractivity contribution in [3.05, 3.63) is 12.7 Å². The molecule has 2 rings (SSSR count). The number of nitrogens with two attached hydrogens (primary N) is 1. The van der Waals surface area contributed by atoms with Crippen LogP contribution < -0.4 is 5.73 Å². The minimum atomic E-state index is -0.00634.